The van der Waals surface area contributed by atoms with Crippen LogP contribution in [-0.4, -0.2) is 63.1 Å². The third-order valence-electron chi connectivity index (χ3n) is 6.87. The summed E-state index contributed by atoms with van der Waals surface area (Å²) in [6, 6.07) is 18.6. The number of hydrogen-bond donors (Lipinski definition) is 2. The van der Waals surface area contributed by atoms with Crippen LogP contribution in [0.15, 0.2) is 78.0 Å². The summed E-state index contributed by atoms with van der Waals surface area (Å²) in [6.45, 7) is 2.42. The number of ether oxygens (including phenoxy) is 2. The zero-order valence-corrected chi connectivity index (χ0v) is 25.3. The number of amides is 1. The molecule has 236 valence electrons. The standard InChI is InChI=1S/C31H31F3N6O4S/c1-20-16-25(43-2)13-14-26(20)40-27(41)18-45-30(40)37-29(42)35-15-4-3-6-21-7-5-8-22(17-21)28-36-19-39(38-28)23-9-11-24(12-10-23)44-31(32,33)34/h5,7-14,16-17,19,29,35,42H,3-4,6,15,18H2,1-2H3. The lowest BCUT2D eigenvalue weighted by Gasteiger charge is -2.20. The van der Waals surface area contributed by atoms with E-state index in [0.29, 0.717) is 34.7 Å². The summed E-state index contributed by atoms with van der Waals surface area (Å²) >= 11 is 1.28. The van der Waals surface area contributed by atoms with Gasteiger partial charge in [0.15, 0.2) is 11.0 Å². The van der Waals surface area contributed by atoms with E-state index in [9.17, 15) is 23.1 Å². The van der Waals surface area contributed by atoms with Crippen molar-refractivity contribution >= 4 is 28.5 Å². The fourth-order valence-electron chi connectivity index (χ4n) is 4.72. The van der Waals surface area contributed by atoms with Gasteiger partial charge in [-0.1, -0.05) is 30.0 Å². The van der Waals surface area contributed by atoms with Gasteiger partial charge in [0.25, 0.3) is 0 Å². The number of nitrogens with zero attached hydrogens (tertiary/aromatic N) is 5. The van der Waals surface area contributed by atoms with Crippen LogP contribution in [0.25, 0.3) is 17.1 Å². The van der Waals surface area contributed by atoms with Gasteiger partial charge in [-0.2, -0.15) is 0 Å². The number of rotatable bonds is 12. The largest absolute Gasteiger partial charge is 0.573 e. The van der Waals surface area contributed by atoms with E-state index in [1.165, 1.54) is 51.9 Å². The number of carbonyl (C=O) groups excluding carboxylic acids is 1. The van der Waals surface area contributed by atoms with E-state index in [-0.39, 0.29) is 17.4 Å². The molecule has 10 nitrogen and oxygen atoms in total. The number of aromatic nitrogens is 3. The number of aliphatic imine (C=N–C) groups is 1. The summed E-state index contributed by atoms with van der Waals surface area (Å²) in [4.78, 5) is 22.8. The molecule has 1 aliphatic heterocycles. The van der Waals surface area contributed by atoms with Crippen LogP contribution >= 0.6 is 11.8 Å². The molecule has 1 atom stereocenters. The summed E-state index contributed by atoms with van der Waals surface area (Å²) in [5.41, 5.74) is 4.01. The third-order valence-corrected chi connectivity index (χ3v) is 7.81. The van der Waals surface area contributed by atoms with Crippen molar-refractivity contribution in [1.29, 1.82) is 0 Å². The number of halogens is 3. The molecule has 1 fully saturated rings. The topological polar surface area (TPSA) is 114 Å². The lowest BCUT2D eigenvalue weighted by Crippen LogP contribution is -2.34. The van der Waals surface area contributed by atoms with Gasteiger partial charge in [-0.05, 0) is 92.4 Å². The zero-order chi connectivity index (χ0) is 32.0. The summed E-state index contributed by atoms with van der Waals surface area (Å²) in [5, 5.41) is 18.4. The van der Waals surface area contributed by atoms with Gasteiger partial charge < -0.3 is 14.6 Å². The maximum absolute atomic E-state index is 12.6. The van der Waals surface area contributed by atoms with Crippen molar-refractivity contribution in [2.24, 2.45) is 4.99 Å². The quantitative estimate of drug-likeness (QED) is 0.155. The van der Waals surface area contributed by atoms with Crippen LogP contribution in [0.4, 0.5) is 18.9 Å². The smallest absolute Gasteiger partial charge is 0.497 e. The molecule has 0 bridgehead atoms. The maximum atomic E-state index is 12.6. The summed E-state index contributed by atoms with van der Waals surface area (Å²) in [6.07, 6.45) is -2.00. The molecule has 0 aliphatic carbocycles. The Bertz CT molecular complexity index is 1660. The first kappa shape index (κ1) is 32.0. The summed E-state index contributed by atoms with van der Waals surface area (Å²) in [7, 11) is 1.59. The molecule has 2 N–H and O–H groups in total. The Labute approximate surface area is 261 Å². The molecule has 3 aromatic carbocycles. The number of alkyl halides is 3. The first-order valence-electron chi connectivity index (χ1n) is 14.1. The predicted molar refractivity (Wildman–Crippen MR) is 166 cm³/mol. The van der Waals surface area contributed by atoms with Crippen molar-refractivity contribution in [2.75, 3.05) is 24.3 Å². The van der Waals surface area contributed by atoms with Gasteiger partial charge in [-0.25, -0.2) is 14.7 Å². The van der Waals surface area contributed by atoms with E-state index in [1.807, 2.05) is 43.3 Å². The fraction of sp³-hybridized carbons (Fsp3) is 0.290. The number of anilines is 1. The van der Waals surface area contributed by atoms with Crippen LogP contribution in [-0.2, 0) is 11.2 Å². The fourth-order valence-corrected chi connectivity index (χ4v) is 5.61. The van der Waals surface area contributed by atoms with E-state index >= 15 is 0 Å². The Morgan fingerprint density at radius 2 is 1.87 bits per heavy atom. The van der Waals surface area contributed by atoms with Crippen molar-refractivity contribution in [3.05, 3.63) is 84.2 Å². The second kappa shape index (κ2) is 14.1. The van der Waals surface area contributed by atoms with Gasteiger partial charge >= 0.3 is 6.36 Å². The summed E-state index contributed by atoms with van der Waals surface area (Å²) in [5.74, 6) is 1.02. The molecule has 4 aromatic rings. The monoisotopic (exact) mass is 640 g/mol. The SMILES string of the molecule is COc1ccc(N2C(=O)CSC2=NC(O)NCCCCc2cccc(-c3ncn(-c4ccc(OC(F)(F)F)cc4)n3)c2)c(C)c1. The number of aliphatic hydroxyl groups excluding tert-OH is 1. The van der Waals surface area contributed by atoms with Crippen molar-refractivity contribution in [1.82, 2.24) is 20.1 Å². The Morgan fingerprint density at radius 1 is 1.09 bits per heavy atom. The number of unbranched alkanes of at least 4 members (excludes halogenated alkanes) is 1. The minimum atomic E-state index is -4.75. The molecule has 1 saturated heterocycles. The van der Waals surface area contributed by atoms with E-state index in [2.05, 4.69) is 25.1 Å². The lowest BCUT2D eigenvalue weighted by molar-refractivity contribution is -0.274. The Morgan fingerprint density at radius 3 is 2.60 bits per heavy atom. The van der Waals surface area contributed by atoms with E-state index in [1.54, 1.807) is 13.2 Å². The van der Waals surface area contributed by atoms with Crippen LogP contribution in [0, 0.1) is 6.92 Å². The molecule has 0 saturated carbocycles. The van der Waals surface area contributed by atoms with Crippen LogP contribution in [0.5, 0.6) is 11.5 Å². The number of amidine groups is 1. The van der Waals surface area contributed by atoms with E-state index in [4.69, 9.17) is 4.74 Å². The zero-order valence-electron chi connectivity index (χ0n) is 24.5. The molecule has 14 heteroatoms. The number of aliphatic hydroxyl groups is 1. The van der Waals surface area contributed by atoms with Gasteiger partial charge in [0, 0.05) is 5.56 Å². The average Bonchev–Trinajstić information content (AvgIpc) is 3.64. The van der Waals surface area contributed by atoms with Crippen molar-refractivity contribution < 1.29 is 32.5 Å². The summed E-state index contributed by atoms with van der Waals surface area (Å²) < 4.78 is 47.9. The average molecular weight is 641 g/mol. The minimum absolute atomic E-state index is 0.1000. The molecular weight excluding hydrogens is 609 g/mol. The second-order valence-corrected chi connectivity index (χ2v) is 11.1. The number of carbonyl (C=O) groups is 1. The maximum Gasteiger partial charge on any atom is 0.573 e. The number of methoxy groups -OCH3 is 1. The molecule has 1 aliphatic rings. The first-order valence-corrected chi connectivity index (χ1v) is 15.0. The van der Waals surface area contributed by atoms with E-state index in [0.717, 1.165) is 36.0 Å². The van der Waals surface area contributed by atoms with Gasteiger partial charge in [-0.15, -0.1) is 18.3 Å². The minimum Gasteiger partial charge on any atom is -0.497 e. The van der Waals surface area contributed by atoms with Crippen LogP contribution < -0.4 is 19.7 Å². The molecular formula is C31H31F3N6O4S. The molecule has 5 rings (SSSR count). The van der Waals surface area contributed by atoms with Crippen LogP contribution in [0.1, 0.15) is 24.0 Å². The van der Waals surface area contributed by atoms with Crippen molar-refractivity contribution in [2.45, 2.75) is 38.9 Å². The van der Waals surface area contributed by atoms with Crippen molar-refractivity contribution in [3.8, 4) is 28.6 Å². The molecule has 1 amide bonds. The molecule has 0 spiro atoms. The highest BCUT2D eigenvalue weighted by atomic mass is 32.2. The molecule has 45 heavy (non-hydrogen) atoms. The number of benzene rings is 3. The van der Waals surface area contributed by atoms with Gasteiger partial charge in [-0.3, -0.25) is 15.0 Å². The van der Waals surface area contributed by atoms with Crippen LogP contribution in [0.3, 0.4) is 0 Å². The lowest BCUT2D eigenvalue weighted by atomic mass is 10.0. The Kier molecular flexibility index (Phi) is 10.1. The second-order valence-electron chi connectivity index (χ2n) is 10.1. The predicted octanol–water partition coefficient (Wildman–Crippen LogP) is 5.47. The molecule has 1 aromatic heterocycles. The number of nitrogens with one attached hydrogen (secondary N) is 1. The number of aryl methyl sites for hydroxylation is 2. The molecule has 1 unspecified atom stereocenters. The number of thioether (sulfide) groups is 1. The highest BCUT2D eigenvalue weighted by molar-refractivity contribution is 8.15. The van der Waals surface area contributed by atoms with Gasteiger partial charge in [0.1, 0.15) is 17.8 Å². The van der Waals surface area contributed by atoms with Gasteiger partial charge in [0.05, 0.1) is 24.2 Å². The highest BCUT2D eigenvalue weighted by Gasteiger charge is 2.32. The van der Waals surface area contributed by atoms with Gasteiger partial charge in [0.2, 0.25) is 12.3 Å². The Balaban J connectivity index is 1.11. The highest BCUT2D eigenvalue weighted by Crippen LogP contribution is 2.31. The first-order chi connectivity index (χ1) is 21.6. The van der Waals surface area contributed by atoms with E-state index < -0.39 is 12.7 Å². The normalized spacial score (nSPS) is 15.1. The molecule has 0 radical (unpaired) electrons. The Hall–Kier alpha value is -4.40. The van der Waals surface area contributed by atoms with Crippen LogP contribution in [0.2, 0.25) is 0 Å². The molecule has 2 heterocycles. The number of hydrogen-bond acceptors (Lipinski definition) is 9. The van der Waals surface area contributed by atoms with Crippen molar-refractivity contribution in [3.63, 3.8) is 0 Å². The third kappa shape index (κ3) is 8.41.